The Balaban J connectivity index is 1.36. The molecule has 0 saturated carbocycles. The van der Waals surface area contributed by atoms with Crippen molar-refractivity contribution in [3.05, 3.63) is 46.7 Å². The van der Waals surface area contributed by atoms with Crippen molar-refractivity contribution in [2.45, 2.75) is 30.8 Å². The van der Waals surface area contributed by atoms with E-state index < -0.39 is 57.3 Å². The Morgan fingerprint density at radius 3 is 2.28 bits per heavy atom. The van der Waals surface area contributed by atoms with Gasteiger partial charge in [-0.15, -0.1) is 6.42 Å². The average molecular weight is 804 g/mol. The Hall–Kier alpha value is -3.34. The van der Waals surface area contributed by atoms with Crippen LogP contribution in [0.3, 0.4) is 0 Å². The van der Waals surface area contributed by atoms with E-state index in [1.54, 1.807) is 30.3 Å². The van der Waals surface area contributed by atoms with Gasteiger partial charge < -0.3 is 59.2 Å². The lowest BCUT2D eigenvalue weighted by Gasteiger charge is -2.20. The van der Waals surface area contributed by atoms with Crippen LogP contribution in [-0.4, -0.2) is 147 Å². The van der Waals surface area contributed by atoms with Crippen molar-refractivity contribution in [2.75, 3.05) is 76.8 Å². The summed E-state index contributed by atoms with van der Waals surface area (Å²) in [4.78, 5) is 50.1. The molecule has 1 aromatic heterocycles. The quantitative estimate of drug-likeness (QED) is 0.0279. The zero-order valence-corrected chi connectivity index (χ0v) is 30.9. The summed E-state index contributed by atoms with van der Waals surface area (Å²) in [7, 11) is -9.06. The number of carbonyl (C=O) groups is 1. The third-order valence-electron chi connectivity index (χ3n) is 7.53. The molecule has 2 unspecified atom stereocenters. The molecular weight excluding hydrogens is 762 g/mol. The number of halogens is 1. The minimum Gasteiger partial charge on any atom is -0.456 e. The number of carbonyl (C=O) groups excluding carboxylic acids is 1. The van der Waals surface area contributed by atoms with Gasteiger partial charge in [-0.1, -0.05) is 46.0 Å². The van der Waals surface area contributed by atoms with Crippen LogP contribution < -0.4 is 10.6 Å². The predicted molar refractivity (Wildman–Crippen MR) is 191 cm³/mol. The van der Waals surface area contributed by atoms with Gasteiger partial charge in [0.25, 0.3) is 0 Å². The lowest BCUT2D eigenvalue weighted by molar-refractivity contribution is -0.457. The summed E-state index contributed by atoms with van der Waals surface area (Å²) in [5, 5.41) is 31.3. The van der Waals surface area contributed by atoms with Gasteiger partial charge in [0.2, 0.25) is 13.3 Å². The second-order valence-electron chi connectivity index (χ2n) is 11.6. The third-order valence-corrected chi connectivity index (χ3v) is 11.9. The zero-order valence-electron chi connectivity index (χ0n) is 28.4. The van der Waals surface area contributed by atoms with E-state index in [2.05, 4.69) is 31.6 Å². The first-order valence-corrected chi connectivity index (χ1v) is 20.5. The molecule has 5 atom stereocenters. The van der Waals surface area contributed by atoms with E-state index in [9.17, 15) is 29.0 Å². The molecule has 4 rings (SSSR count). The summed E-state index contributed by atoms with van der Waals surface area (Å²) in [5.41, 5.74) is 0.853. The van der Waals surface area contributed by atoms with E-state index in [0.29, 0.717) is 45.2 Å². The van der Waals surface area contributed by atoms with E-state index in [-0.39, 0.29) is 54.6 Å². The molecule has 1 amide bonds. The molecule has 0 radical (unpaired) electrons. The number of anilines is 1. The Labute approximate surface area is 309 Å². The molecular formula is C31H42ClN6O13P2+. The van der Waals surface area contributed by atoms with Gasteiger partial charge in [0.15, 0.2) is 6.10 Å². The largest absolute Gasteiger partial charge is 0.456 e. The molecule has 1 saturated heterocycles. The van der Waals surface area contributed by atoms with Crippen molar-refractivity contribution in [1.29, 1.82) is 0 Å². The lowest BCUT2D eigenvalue weighted by atomic mass is 10.1. The van der Waals surface area contributed by atoms with Crippen LogP contribution >= 0.6 is 26.6 Å². The van der Waals surface area contributed by atoms with E-state index in [1.807, 2.05) is 0 Å². The highest BCUT2D eigenvalue weighted by molar-refractivity contribution is 7.72. The number of hydrazone groups is 1. The molecule has 2 aliphatic rings. The second-order valence-corrected chi connectivity index (χ2v) is 16.5. The summed E-state index contributed by atoms with van der Waals surface area (Å²) in [6.07, 6.45) is 1.07. The van der Waals surface area contributed by atoms with E-state index in [0.717, 1.165) is 4.68 Å². The number of terminal acetylenes is 1. The first-order valence-electron chi connectivity index (χ1n) is 16.3. The number of aliphatic hydroxyl groups is 2. The van der Waals surface area contributed by atoms with Crippen molar-refractivity contribution >= 4 is 56.2 Å². The topological polar surface area (TPSA) is 264 Å². The van der Waals surface area contributed by atoms with Crippen LogP contribution in [0, 0.1) is 12.3 Å². The van der Waals surface area contributed by atoms with Crippen LogP contribution in [0.2, 0.25) is 5.28 Å². The fraction of sp³-hybridized carbons (Fsp3) is 0.516. The summed E-state index contributed by atoms with van der Waals surface area (Å²) < 4.78 is 51.8. The number of benzene rings is 1. The Bertz CT molecular complexity index is 1740. The van der Waals surface area contributed by atoms with Crippen LogP contribution in [0.15, 0.2) is 35.4 Å². The first kappa shape index (κ1) is 42.4. The zero-order chi connectivity index (χ0) is 38.4. The van der Waals surface area contributed by atoms with Gasteiger partial charge >= 0.3 is 24.6 Å². The molecule has 19 nitrogen and oxygen atoms in total. The SMILES string of the molecule is C#CCOCCOCCOCCOCCNC(=O)[C@H](Nc1nc(Cl)nc2c1C=N/[N+]2=C1\OC(CCP(=O)(O)CP(=O)(O)O)[C@@H](O)[C@H]1O)c1ccccc1. The second kappa shape index (κ2) is 20.4. The lowest BCUT2D eigenvalue weighted by Crippen LogP contribution is -2.36. The van der Waals surface area contributed by atoms with Gasteiger partial charge in [0.1, 0.15) is 42.1 Å². The highest BCUT2D eigenvalue weighted by Gasteiger charge is 2.48. The normalized spacial score (nSPS) is 21.0. The smallest absolute Gasteiger partial charge is 0.367 e. The fourth-order valence-corrected chi connectivity index (χ4v) is 8.80. The van der Waals surface area contributed by atoms with E-state index >= 15 is 0 Å². The van der Waals surface area contributed by atoms with Crippen LogP contribution in [0.1, 0.15) is 23.6 Å². The summed E-state index contributed by atoms with van der Waals surface area (Å²) >= 11 is 6.28. The van der Waals surface area contributed by atoms with Crippen LogP contribution in [-0.2, 0) is 37.6 Å². The Morgan fingerprint density at radius 1 is 1.00 bits per heavy atom. The van der Waals surface area contributed by atoms with Crippen molar-refractivity contribution < 1.29 is 67.2 Å². The van der Waals surface area contributed by atoms with Gasteiger partial charge in [-0.3, -0.25) is 13.9 Å². The molecule has 22 heteroatoms. The summed E-state index contributed by atoms with van der Waals surface area (Å²) in [6, 6.07) is 7.84. The Morgan fingerprint density at radius 2 is 1.64 bits per heavy atom. The third kappa shape index (κ3) is 13.2. The summed E-state index contributed by atoms with van der Waals surface area (Å²) in [5.74, 6) is 0.592. The highest BCUT2D eigenvalue weighted by Crippen LogP contribution is 2.55. The molecule has 0 aliphatic carbocycles. The molecule has 290 valence electrons. The van der Waals surface area contributed by atoms with E-state index in [1.165, 1.54) is 6.21 Å². The maximum atomic E-state index is 13.5. The molecule has 1 fully saturated rings. The Kier molecular flexibility index (Phi) is 16.3. The minimum atomic E-state index is -4.78. The van der Waals surface area contributed by atoms with Crippen LogP contribution in [0.25, 0.3) is 0 Å². The van der Waals surface area contributed by atoms with Gasteiger partial charge in [0, 0.05) is 12.7 Å². The number of hydrogen-bond acceptors (Lipinski definition) is 14. The number of aliphatic hydroxyl groups excluding tert-OH is 2. The molecule has 2 aliphatic heterocycles. The van der Waals surface area contributed by atoms with Crippen molar-refractivity contribution in [2.24, 2.45) is 5.10 Å². The van der Waals surface area contributed by atoms with E-state index in [4.69, 9.17) is 51.5 Å². The molecule has 0 spiro atoms. The summed E-state index contributed by atoms with van der Waals surface area (Å²) in [6.45, 7) is 2.88. The molecule has 3 heterocycles. The highest BCUT2D eigenvalue weighted by atomic mass is 35.5. The van der Waals surface area contributed by atoms with Gasteiger partial charge in [-0.25, -0.2) is 0 Å². The van der Waals surface area contributed by atoms with Gasteiger partial charge in [0.05, 0.1) is 52.5 Å². The molecule has 1 aromatic carbocycles. The molecule has 53 heavy (non-hydrogen) atoms. The first-order chi connectivity index (χ1) is 25.3. The number of aromatic nitrogens is 2. The predicted octanol–water partition coefficient (Wildman–Crippen LogP) is 0.405. The number of fused-ring (bicyclic) bond motifs is 1. The molecule has 2 aromatic rings. The van der Waals surface area contributed by atoms with Crippen molar-refractivity contribution in [3.8, 4) is 12.3 Å². The fourth-order valence-electron chi connectivity index (χ4n) is 5.11. The van der Waals surface area contributed by atoms with Gasteiger partial charge in [-0.05, 0) is 28.6 Å². The minimum absolute atomic E-state index is 0.0345. The number of rotatable bonds is 22. The maximum Gasteiger partial charge on any atom is 0.367 e. The standard InChI is InChI=1S/C31H41ClN6O13P2/c1-2-10-47-12-14-49-16-17-50-15-13-48-11-9-33-29(41)24(21-6-4-3-5-7-21)35-27-22-19-34-38(28(22)37-31(32)36-27)30-26(40)25(39)23(51-30)8-18-52(42,43)20-53(44,45)46/h1,3-7,19,23-26,39-40H,8-18,20H2,(H4-,33,34,35,36,37,41,42,43,44,45,46)/p+1/b38-30-/t23?,24-,25-,26-/m1/s1. The van der Waals surface area contributed by atoms with Crippen molar-refractivity contribution in [1.82, 2.24) is 15.3 Å². The van der Waals surface area contributed by atoms with Crippen LogP contribution in [0.5, 0.6) is 0 Å². The number of hydrogen-bond donors (Lipinski definition) is 7. The van der Waals surface area contributed by atoms with Crippen molar-refractivity contribution in [3.63, 3.8) is 0 Å². The average Bonchev–Trinajstić information content (AvgIpc) is 3.65. The number of amides is 1. The number of nitrogens with zero attached hydrogens (tertiary/aromatic N) is 4. The van der Waals surface area contributed by atoms with Crippen LogP contribution in [0.4, 0.5) is 11.6 Å². The van der Waals surface area contributed by atoms with Gasteiger partial charge in [-0.2, -0.15) is 4.98 Å². The maximum absolute atomic E-state index is 13.5. The molecule has 0 bridgehead atoms. The molecule has 7 N–H and O–H groups in total. The number of ether oxygens (including phenoxy) is 5. The monoisotopic (exact) mass is 803 g/mol. The number of nitrogens with one attached hydrogen (secondary N) is 2.